The number of hydrogen-bond acceptors (Lipinski definition) is 2. The van der Waals surface area contributed by atoms with Crippen molar-refractivity contribution in [2.75, 3.05) is 26.2 Å². The molecule has 0 amide bonds. The van der Waals surface area contributed by atoms with Crippen molar-refractivity contribution in [1.29, 1.82) is 0 Å². The zero-order valence-electron chi connectivity index (χ0n) is 12.9. The summed E-state index contributed by atoms with van der Waals surface area (Å²) in [4.78, 5) is 2.62. The van der Waals surface area contributed by atoms with Gasteiger partial charge in [0.05, 0.1) is 0 Å². The Labute approximate surface area is 123 Å². The second-order valence-corrected chi connectivity index (χ2v) is 5.99. The van der Waals surface area contributed by atoms with Crippen LogP contribution in [-0.2, 0) is 0 Å². The molecule has 0 saturated carbocycles. The summed E-state index contributed by atoms with van der Waals surface area (Å²) in [6.07, 6.45) is 4.29. The third-order valence-electron chi connectivity index (χ3n) is 4.22. The maximum absolute atomic E-state index is 3.88. The van der Waals surface area contributed by atoms with Crippen LogP contribution in [0, 0.1) is 0 Å². The summed E-state index contributed by atoms with van der Waals surface area (Å²) in [6.45, 7) is 12.9. The highest BCUT2D eigenvalue weighted by atomic mass is 15.2. The molecule has 1 atom stereocenters. The van der Waals surface area contributed by atoms with Crippen LogP contribution in [0.2, 0.25) is 0 Å². The Morgan fingerprint density at radius 3 is 2.30 bits per heavy atom. The van der Waals surface area contributed by atoms with Gasteiger partial charge in [0, 0.05) is 32.2 Å². The number of rotatable bonds is 6. The second-order valence-electron chi connectivity index (χ2n) is 5.99. The van der Waals surface area contributed by atoms with Crippen LogP contribution < -0.4 is 5.32 Å². The number of nitrogens with one attached hydrogen (secondary N) is 1. The van der Waals surface area contributed by atoms with Crippen molar-refractivity contribution in [2.24, 2.45) is 0 Å². The highest BCUT2D eigenvalue weighted by Crippen LogP contribution is 2.27. The van der Waals surface area contributed by atoms with Crippen LogP contribution in [-0.4, -0.2) is 31.1 Å². The summed E-state index contributed by atoms with van der Waals surface area (Å²) in [7, 11) is 0. The van der Waals surface area contributed by atoms with E-state index in [-0.39, 0.29) is 0 Å². The number of benzene rings is 1. The van der Waals surface area contributed by atoms with E-state index in [0.29, 0.717) is 12.0 Å². The predicted molar refractivity (Wildman–Crippen MR) is 87.1 cm³/mol. The van der Waals surface area contributed by atoms with Crippen molar-refractivity contribution in [1.82, 2.24) is 10.2 Å². The summed E-state index contributed by atoms with van der Waals surface area (Å²) < 4.78 is 0. The van der Waals surface area contributed by atoms with Crippen molar-refractivity contribution in [3.63, 3.8) is 0 Å². The van der Waals surface area contributed by atoms with E-state index in [2.05, 4.69) is 54.9 Å². The van der Waals surface area contributed by atoms with Crippen LogP contribution in [0.5, 0.6) is 0 Å². The van der Waals surface area contributed by atoms with Gasteiger partial charge in [0.1, 0.15) is 0 Å². The van der Waals surface area contributed by atoms with Crippen molar-refractivity contribution in [3.05, 3.63) is 48.0 Å². The molecule has 0 aromatic heterocycles. The van der Waals surface area contributed by atoms with E-state index in [9.17, 15) is 0 Å². The van der Waals surface area contributed by atoms with Crippen LogP contribution in [0.4, 0.5) is 0 Å². The zero-order valence-corrected chi connectivity index (χ0v) is 12.9. The van der Waals surface area contributed by atoms with Crippen LogP contribution >= 0.6 is 0 Å². The average molecular weight is 272 g/mol. The van der Waals surface area contributed by atoms with Crippen LogP contribution in [0.25, 0.3) is 0 Å². The molecule has 0 bridgehead atoms. The summed E-state index contributed by atoms with van der Waals surface area (Å²) >= 11 is 0. The summed E-state index contributed by atoms with van der Waals surface area (Å²) in [5, 5.41) is 3.44. The van der Waals surface area contributed by atoms with Gasteiger partial charge in [0.25, 0.3) is 0 Å². The van der Waals surface area contributed by atoms with Gasteiger partial charge >= 0.3 is 0 Å². The lowest BCUT2D eigenvalue weighted by Crippen LogP contribution is -2.45. The molecule has 2 heteroatoms. The Morgan fingerprint density at radius 2 is 1.75 bits per heavy atom. The first-order valence-corrected chi connectivity index (χ1v) is 7.88. The number of allylic oxidation sites excluding steroid dienone is 1. The van der Waals surface area contributed by atoms with E-state index in [4.69, 9.17) is 0 Å². The van der Waals surface area contributed by atoms with Crippen molar-refractivity contribution in [3.8, 4) is 0 Å². The van der Waals surface area contributed by atoms with Gasteiger partial charge in [-0.15, -0.1) is 6.58 Å². The second kappa shape index (κ2) is 7.61. The molecule has 110 valence electrons. The molecule has 1 aliphatic heterocycles. The van der Waals surface area contributed by atoms with Gasteiger partial charge in [0.2, 0.25) is 0 Å². The molecule has 1 N–H and O–H groups in total. The minimum Gasteiger partial charge on any atom is -0.314 e. The van der Waals surface area contributed by atoms with Gasteiger partial charge in [-0.1, -0.05) is 44.2 Å². The third kappa shape index (κ3) is 3.94. The maximum Gasteiger partial charge on any atom is 0.0352 e. The van der Waals surface area contributed by atoms with Gasteiger partial charge in [-0.3, -0.25) is 4.90 Å². The summed E-state index contributed by atoms with van der Waals surface area (Å²) in [6, 6.07) is 9.78. The monoisotopic (exact) mass is 272 g/mol. The first-order valence-electron chi connectivity index (χ1n) is 7.88. The van der Waals surface area contributed by atoms with Gasteiger partial charge in [0.15, 0.2) is 0 Å². The molecule has 1 fully saturated rings. The van der Waals surface area contributed by atoms with Crippen LogP contribution in [0.15, 0.2) is 36.9 Å². The minimum atomic E-state index is 0.538. The molecule has 1 aromatic carbocycles. The quantitative estimate of drug-likeness (QED) is 0.794. The first-order chi connectivity index (χ1) is 9.72. The lowest BCUT2D eigenvalue weighted by molar-refractivity contribution is 0.166. The Balaban J connectivity index is 2.13. The molecule has 20 heavy (non-hydrogen) atoms. The molecule has 0 unspecified atom stereocenters. The maximum atomic E-state index is 3.88. The van der Waals surface area contributed by atoms with E-state index in [1.54, 1.807) is 0 Å². The smallest absolute Gasteiger partial charge is 0.0352 e. The lowest BCUT2D eigenvalue weighted by Gasteiger charge is -2.35. The van der Waals surface area contributed by atoms with E-state index in [1.165, 1.54) is 17.5 Å². The Morgan fingerprint density at radius 1 is 1.15 bits per heavy atom. The first kappa shape index (κ1) is 15.3. The van der Waals surface area contributed by atoms with Gasteiger partial charge < -0.3 is 5.32 Å². The average Bonchev–Trinajstić information content (AvgIpc) is 2.49. The summed E-state index contributed by atoms with van der Waals surface area (Å²) in [5.41, 5.74) is 2.88. The number of nitrogens with zero attached hydrogens (tertiary/aromatic N) is 1. The SMILES string of the molecule is C=CCC[C@@H](c1ccc(C(C)C)cc1)N1CCNCC1. The van der Waals surface area contributed by atoms with Gasteiger partial charge in [-0.05, 0) is 29.9 Å². The standard InChI is InChI=1S/C18H28N2/c1-4-5-6-18(20-13-11-19-12-14-20)17-9-7-16(8-10-17)15(2)3/h4,7-10,15,18-19H,1,5-6,11-14H2,2-3H3/t18-/m0/s1. The van der Waals surface area contributed by atoms with Crippen LogP contribution in [0.1, 0.15) is 49.8 Å². The molecule has 0 spiro atoms. The molecule has 2 rings (SSSR count). The summed E-state index contributed by atoms with van der Waals surface area (Å²) in [5.74, 6) is 0.606. The van der Waals surface area contributed by atoms with Gasteiger partial charge in [-0.25, -0.2) is 0 Å². The number of hydrogen-bond donors (Lipinski definition) is 1. The third-order valence-corrected chi connectivity index (χ3v) is 4.22. The molecular formula is C18H28N2. The Bertz CT molecular complexity index is 402. The fourth-order valence-corrected chi connectivity index (χ4v) is 2.93. The van der Waals surface area contributed by atoms with E-state index in [0.717, 1.165) is 32.6 Å². The van der Waals surface area contributed by atoms with Crippen molar-refractivity contribution >= 4 is 0 Å². The lowest BCUT2D eigenvalue weighted by atomic mass is 9.95. The molecule has 0 aliphatic carbocycles. The predicted octanol–water partition coefficient (Wildman–Crippen LogP) is 3.72. The fraction of sp³-hybridized carbons (Fsp3) is 0.556. The molecule has 1 saturated heterocycles. The number of piperazine rings is 1. The zero-order chi connectivity index (χ0) is 14.4. The van der Waals surface area contributed by atoms with Gasteiger partial charge in [-0.2, -0.15) is 0 Å². The molecule has 1 aliphatic rings. The van der Waals surface area contributed by atoms with E-state index < -0.39 is 0 Å². The van der Waals surface area contributed by atoms with Crippen molar-refractivity contribution < 1.29 is 0 Å². The molecule has 1 aromatic rings. The molecular weight excluding hydrogens is 244 g/mol. The Kier molecular flexibility index (Phi) is 5.81. The minimum absolute atomic E-state index is 0.538. The highest BCUT2D eigenvalue weighted by molar-refractivity contribution is 5.27. The molecule has 1 heterocycles. The Hall–Kier alpha value is -1.12. The van der Waals surface area contributed by atoms with Crippen LogP contribution in [0.3, 0.4) is 0 Å². The van der Waals surface area contributed by atoms with E-state index in [1.807, 2.05) is 6.08 Å². The molecule has 2 nitrogen and oxygen atoms in total. The highest BCUT2D eigenvalue weighted by Gasteiger charge is 2.21. The topological polar surface area (TPSA) is 15.3 Å². The van der Waals surface area contributed by atoms with E-state index >= 15 is 0 Å². The molecule has 0 radical (unpaired) electrons. The normalized spacial score (nSPS) is 18.1. The largest absolute Gasteiger partial charge is 0.314 e. The van der Waals surface area contributed by atoms with Crippen molar-refractivity contribution in [2.45, 2.75) is 38.6 Å². The fourth-order valence-electron chi connectivity index (χ4n) is 2.93.